The van der Waals surface area contributed by atoms with Crippen LogP contribution in [-0.4, -0.2) is 97.1 Å². The van der Waals surface area contributed by atoms with Crippen molar-refractivity contribution in [2.75, 3.05) is 13.2 Å². The maximum atomic E-state index is 11.6. The fourth-order valence-corrected chi connectivity index (χ4v) is 4.60. The highest BCUT2D eigenvalue weighted by Crippen LogP contribution is 2.57. The summed E-state index contributed by atoms with van der Waals surface area (Å²) in [6.45, 7) is -1.76. The summed E-state index contributed by atoms with van der Waals surface area (Å²) in [6.07, 6.45) is -8.96. The van der Waals surface area contributed by atoms with Gasteiger partial charge in [0, 0.05) is 6.07 Å². The first-order valence-corrected chi connectivity index (χ1v) is 12.7. The zero-order chi connectivity index (χ0) is 26.6. The van der Waals surface area contributed by atoms with Crippen molar-refractivity contribution in [1.29, 1.82) is 0 Å². The minimum Gasteiger partial charge on any atom is -0.387 e. The number of phosphoric ester groups is 1. The number of carbonyl (C=O) groups is 2. The second-order valence-electron chi connectivity index (χ2n) is 7.28. The van der Waals surface area contributed by atoms with E-state index in [4.69, 9.17) is 25.0 Å². The number of rotatable bonds is 13. The molecule has 2 heterocycles. The quantitative estimate of drug-likeness (QED) is 0.0668. The van der Waals surface area contributed by atoms with Crippen LogP contribution in [0.5, 0.6) is 0 Å². The van der Waals surface area contributed by atoms with Crippen LogP contribution in [0.4, 0.5) is 0 Å². The third-order valence-corrected chi connectivity index (χ3v) is 6.85. The molecule has 9 N–H and O–H groups in total. The van der Waals surface area contributed by atoms with Crippen molar-refractivity contribution in [2.45, 2.75) is 42.9 Å². The number of aliphatic hydroxyl groups is 4. The van der Waals surface area contributed by atoms with Gasteiger partial charge in [-0.2, -0.15) is 8.88 Å². The molecule has 1 unspecified atom stereocenters. The number of aromatic nitrogens is 1. The van der Waals surface area contributed by atoms with Crippen molar-refractivity contribution in [2.24, 2.45) is 5.73 Å². The molecule has 35 heavy (non-hydrogen) atoms. The lowest BCUT2D eigenvalue weighted by molar-refractivity contribution is -0.765. The van der Waals surface area contributed by atoms with Gasteiger partial charge in [-0.15, -0.1) is 0 Å². The normalized spacial score (nSPS) is 27.1. The van der Waals surface area contributed by atoms with Crippen molar-refractivity contribution < 1.29 is 76.7 Å². The Balaban J connectivity index is 2.11. The Morgan fingerprint density at radius 2 is 1.89 bits per heavy atom. The van der Waals surface area contributed by atoms with E-state index in [1.54, 1.807) is 0 Å². The summed E-state index contributed by atoms with van der Waals surface area (Å²) in [6, 6.07) is 2.83. The Labute approximate surface area is 197 Å². The molecule has 1 aromatic rings. The predicted molar refractivity (Wildman–Crippen MR) is 108 cm³/mol. The van der Waals surface area contributed by atoms with Gasteiger partial charge in [0.15, 0.2) is 24.8 Å². The molecule has 0 saturated carbocycles. The second-order valence-corrected chi connectivity index (χ2v) is 10.1. The molecular formula is C16H25N2O15P2+. The molecule has 0 radical (unpaired) electrons. The lowest BCUT2D eigenvalue weighted by Crippen LogP contribution is -2.46. The number of aldehydes is 1. The highest BCUT2D eigenvalue weighted by Gasteiger charge is 2.49. The molecule has 1 aliphatic heterocycles. The van der Waals surface area contributed by atoms with Crippen LogP contribution in [0.15, 0.2) is 24.5 Å². The Morgan fingerprint density at radius 1 is 1.23 bits per heavy atom. The molecule has 0 aliphatic carbocycles. The molecular weight excluding hydrogens is 522 g/mol. The number of amides is 1. The van der Waals surface area contributed by atoms with Crippen molar-refractivity contribution in [3.63, 3.8) is 0 Å². The lowest BCUT2D eigenvalue weighted by Gasteiger charge is -2.26. The number of pyridine rings is 1. The summed E-state index contributed by atoms with van der Waals surface area (Å²) in [5, 5.41) is 40.3. The van der Waals surface area contributed by atoms with E-state index in [9.17, 15) is 44.0 Å². The Hall–Kier alpha value is -1.69. The Bertz CT molecular complexity index is 989. The van der Waals surface area contributed by atoms with Crippen LogP contribution in [0, 0.1) is 0 Å². The first kappa shape index (κ1) is 29.5. The van der Waals surface area contributed by atoms with Crippen LogP contribution < -0.4 is 10.3 Å². The van der Waals surface area contributed by atoms with E-state index < -0.39 is 77.6 Å². The molecule has 19 heteroatoms. The van der Waals surface area contributed by atoms with Crippen LogP contribution in [-0.2, 0) is 32.2 Å². The molecule has 1 aliphatic rings. The zero-order valence-corrected chi connectivity index (χ0v) is 19.4. The molecule has 1 saturated heterocycles. The van der Waals surface area contributed by atoms with Gasteiger partial charge in [0.05, 0.1) is 13.2 Å². The number of hydrogen-bond acceptors (Lipinski definition) is 12. The largest absolute Gasteiger partial charge is 0.481 e. The molecule has 17 nitrogen and oxygen atoms in total. The summed E-state index contributed by atoms with van der Waals surface area (Å²) < 4.78 is 42.4. The van der Waals surface area contributed by atoms with Crippen molar-refractivity contribution in [3.8, 4) is 0 Å². The number of hydrogen-bond donors (Lipinski definition) is 8. The van der Waals surface area contributed by atoms with Crippen LogP contribution in [0.25, 0.3) is 0 Å². The SMILES string of the molecule is NC(=O)c1ccc[n+]([C@@H]2O[C@H](CO[C@H](COP(=O)(O)OP(=O)(O)O)[C@@H](O)[C@@H](O)C=O)[C@@H](O)[C@H]2O)c1. The van der Waals surface area contributed by atoms with Crippen molar-refractivity contribution >= 4 is 27.8 Å². The van der Waals surface area contributed by atoms with Crippen LogP contribution >= 0.6 is 15.6 Å². The number of carbonyl (C=O) groups excluding carboxylic acids is 2. The molecule has 0 bridgehead atoms. The first-order valence-electron chi connectivity index (χ1n) is 9.64. The Kier molecular flexibility index (Phi) is 10.2. The van der Waals surface area contributed by atoms with E-state index in [1.165, 1.54) is 29.1 Å². The molecule has 1 amide bonds. The van der Waals surface area contributed by atoms with Gasteiger partial charge in [-0.05, 0) is 6.07 Å². The second kappa shape index (κ2) is 12.0. The Morgan fingerprint density at radius 3 is 2.46 bits per heavy atom. The maximum absolute atomic E-state index is 11.6. The number of aliphatic hydroxyl groups excluding tert-OH is 4. The highest BCUT2D eigenvalue weighted by molar-refractivity contribution is 7.60. The van der Waals surface area contributed by atoms with E-state index in [2.05, 4.69) is 8.83 Å². The molecule has 1 fully saturated rings. The van der Waals surface area contributed by atoms with Gasteiger partial charge in [0.25, 0.3) is 12.1 Å². The molecule has 0 aromatic carbocycles. The van der Waals surface area contributed by atoms with Gasteiger partial charge in [0.1, 0.15) is 36.1 Å². The van der Waals surface area contributed by atoms with Crippen molar-refractivity contribution in [1.82, 2.24) is 0 Å². The smallest absolute Gasteiger partial charge is 0.387 e. The topological polar surface area (TPSA) is 277 Å². The van der Waals surface area contributed by atoms with Crippen molar-refractivity contribution in [3.05, 3.63) is 30.1 Å². The minimum absolute atomic E-state index is 0.0756. The lowest BCUT2D eigenvalue weighted by atomic mass is 10.1. The van der Waals surface area contributed by atoms with Crippen LogP contribution in [0.3, 0.4) is 0 Å². The van der Waals surface area contributed by atoms with Gasteiger partial charge < -0.3 is 55.1 Å². The van der Waals surface area contributed by atoms with E-state index >= 15 is 0 Å². The summed E-state index contributed by atoms with van der Waals surface area (Å²) in [5.41, 5.74) is 5.29. The summed E-state index contributed by atoms with van der Waals surface area (Å²) in [5.74, 6) is -0.762. The maximum Gasteiger partial charge on any atom is 0.481 e. The molecule has 8 atom stereocenters. The fraction of sp³-hybridized carbons (Fsp3) is 0.562. The van der Waals surface area contributed by atoms with E-state index in [0.29, 0.717) is 0 Å². The van der Waals surface area contributed by atoms with Gasteiger partial charge in [-0.3, -0.25) is 9.32 Å². The number of phosphoric acid groups is 2. The third-order valence-electron chi connectivity index (χ3n) is 4.69. The number of nitrogens with two attached hydrogens (primary N) is 1. The fourth-order valence-electron chi connectivity index (χ4n) is 3.00. The van der Waals surface area contributed by atoms with Gasteiger partial charge in [0.2, 0.25) is 0 Å². The number of primary amides is 1. The van der Waals surface area contributed by atoms with E-state index in [0.717, 1.165) is 0 Å². The van der Waals surface area contributed by atoms with Gasteiger partial charge in [-0.1, -0.05) is 0 Å². The standard InChI is InChI=1S/C16H24N2O15P2/c17-15(24)8-2-1-3-18(4-8)16-14(23)13(22)11(32-16)6-30-10(12(21)9(20)5-19)7-31-35(28,29)33-34(25,26)27/h1-5,9-14,16,20-23H,6-7H2,(H4-,17,24,25,26,27,28,29)/p+1/t9-,10+,11+,12-,13+,14+,16+/m0/s1. The molecule has 198 valence electrons. The van der Waals surface area contributed by atoms with Gasteiger partial charge in [-0.25, -0.2) is 9.13 Å². The first-order chi connectivity index (χ1) is 16.1. The number of nitrogens with zero attached hydrogens (tertiary/aromatic N) is 1. The van der Waals surface area contributed by atoms with E-state index in [-0.39, 0.29) is 11.8 Å². The average molecular weight is 547 g/mol. The third kappa shape index (κ3) is 8.44. The van der Waals surface area contributed by atoms with E-state index in [1.807, 2.05) is 0 Å². The van der Waals surface area contributed by atoms with Crippen LogP contribution in [0.1, 0.15) is 16.6 Å². The zero-order valence-electron chi connectivity index (χ0n) is 17.7. The monoisotopic (exact) mass is 547 g/mol. The summed E-state index contributed by atoms with van der Waals surface area (Å²) >= 11 is 0. The van der Waals surface area contributed by atoms with Gasteiger partial charge >= 0.3 is 15.6 Å². The predicted octanol–water partition coefficient (Wildman–Crippen LogP) is -3.78. The molecule has 0 spiro atoms. The van der Waals surface area contributed by atoms with Crippen LogP contribution in [0.2, 0.25) is 0 Å². The summed E-state index contributed by atoms with van der Waals surface area (Å²) in [4.78, 5) is 48.8. The molecule has 2 rings (SSSR count). The average Bonchev–Trinajstić information content (AvgIpc) is 3.05. The summed E-state index contributed by atoms with van der Waals surface area (Å²) in [7, 11) is -10.8. The highest BCUT2D eigenvalue weighted by atomic mass is 31.3. The number of ether oxygens (including phenoxy) is 2. The minimum atomic E-state index is -5.45. The molecule has 1 aromatic heterocycles.